The van der Waals surface area contributed by atoms with Crippen LogP contribution in [0.2, 0.25) is 0 Å². The van der Waals surface area contributed by atoms with Gasteiger partial charge in [-0.2, -0.15) is 0 Å². The summed E-state index contributed by atoms with van der Waals surface area (Å²) < 4.78 is 96.5. The van der Waals surface area contributed by atoms with E-state index in [4.69, 9.17) is 0 Å². The van der Waals surface area contributed by atoms with Gasteiger partial charge in [0.2, 0.25) is 0 Å². The van der Waals surface area contributed by atoms with Crippen LogP contribution in [0.3, 0.4) is 0 Å². The van der Waals surface area contributed by atoms with Gasteiger partial charge in [0.15, 0.2) is 0 Å². The second-order valence-electron chi connectivity index (χ2n) is 8.89. The first-order valence-corrected chi connectivity index (χ1v) is 16.3. The van der Waals surface area contributed by atoms with E-state index in [-0.39, 0.29) is 37.2 Å². The molecular weight excluding hydrogens is 672 g/mol. The van der Waals surface area contributed by atoms with Gasteiger partial charge in [-0.1, -0.05) is 91.0 Å². The molecule has 10 nitrogen and oxygen atoms in total. The summed E-state index contributed by atoms with van der Waals surface area (Å²) in [7, 11) is -13.0. The van der Waals surface area contributed by atoms with Gasteiger partial charge in [-0.15, -0.1) is 0 Å². The summed E-state index contributed by atoms with van der Waals surface area (Å²) in [6.45, 7) is 0. The largest absolute Gasteiger partial charge is 3.00 e. The second-order valence-corrected chi connectivity index (χ2v) is 13.0. The molecule has 6 aromatic carbocycles. The van der Waals surface area contributed by atoms with Crippen molar-refractivity contribution in [1.82, 2.24) is 0 Å². The zero-order chi connectivity index (χ0) is 30.5. The molecule has 0 atom stereocenters. The first-order valence-electron chi connectivity index (χ1n) is 12.1. The molecule has 0 aliphatic rings. The average Bonchev–Trinajstić information content (AvgIpc) is 2.95. The minimum Gasteiger partial charge on any atom is -0.744 e. The summed E-state index contributed by atoms with van der Waals surface area (Å²) in [4.78, 5) is -0.552. The number of hydrogen-bond donors (Lipinski definition) is 0. The normalized spacial score (nSPS) is 11.2. The van der Waals surface area contributed by atoms with Crippen molar-refractivity contribution in [3.8, 4) is 0 Å². The number of hydrogen-bond acceptors (Lipinski definition) is 9. The Morgan fingerprint density at radius 1 is 0.341 bits per heavy atom. The molecule has 6 aromatic rings. The summed E-state index contributed by atoms with van der Waals surface area (Å²) in [5.74, 6) is 0. The van der Waals surface area contributed by atoms with Crippen LogP contribution in [0.25, 0.3) is 32.3 Å². The topological polar surface area (TPSA) is 203 Å². The van der Waals surface area contributed by atoms with E-state index in [1.807, 2.05) is 36.4 Å². The maximum absolute atomic E-state index is 10.7. The molecule has 0 bridgehead atoms. The molecule has 0 heterocycles. The molecule has 0 aliphatic carbocycles. The van der Waals surface area contributed by atoms with Gasteiger partial charge in [0.25, 0.3) is 0 Å². The summed E-state index contributed by atoms with van der Waals surface area (Å²) in [5.41, 5.74) is 0. The molecule has 0 aromatic heterocycles. The zero-order valence-electron chi connectivity index (χ0n) is 22.4. The fourth-order valence-electron chi connectivity index (χ4n) is 3.97. The van der Waals surface area contributed by atoms with Crippen molar-refractivity contribution in [3.63, 3.8) is 0 Å². The van der Waals surface area contributed by atoms with Crippen LogP contribution in [-0.2, 0) is 47.4 Å². The van der Waals surface area contributed by atoms with E-state index < -0.39 is 30.4 Å². The monoisotopic (exact) mass is 695 g/mol. The Kier molecular flexibility index (Phi) is 12.3. The Balaban J connectivity index is 0.000000225. The van der Waals surface area contributed by atoms with Crippen LogP contribution in [0.1, 0.15) is 0 Å². The van der Waals surface area contributed by atoms with Crippen molar-refractivity contribution >= 4 is 62.7 Å². The van der Waals surface area contributed by atoms with E-state index in [1.54, 1.807) is 54.6 Å². The summed E-state index contributed by atoms with van der Waals surface area (Å²) in [6.07, 6.45) is 0. The minimum atomic E-state index is -4.34. The molecule has 6 rings (SSSR count). The third-order valence-electron chi connectivity index (χ3n) is 6.03. The van der Waals surface area contributed by atoms with Gasteiger partial charge in [0, 0.05) is 0 Å². The minimum absolute atomic E-state index is 0. The smallest absolute Gasteiger partial charge is 0.744 e. The van der Waals surface area contributed by atoms with Crippen LogP contribution in [0.4, 0.5) is 0 Å². The van der Waals surface area contributed by atoms with Gasteiger partial charge in [0.1, 0.15) is 30.4 Å². The molecule has 0 fully saturated rings. The molecule has 0 unspecified atom stereocenters. The third-order valence-corrected chi connectivity index (χ3v) is 8.52. The van der Waals surface area contributed by atoms with Crippen LogP contribution in [-0.4, -0.2) is 44.4 Å². The van der Waals surface area contributed by atoms with Crippen molar-refractivity contribution in [2.75, 3.05) is 0 Å². The van der Waals surface area contributed by atoms with Crippen LogP contribution in [0, 0.1) is 0 Å². The van der Waals surface area contributed by atoms with Gasteiger partial charge in [-0.25, -0.2) is 25.3 Å². The molecule has 14 heteroatoms. The quantitative estimate of drug-likeness (QED) is 0.190. The maximum Gasteiger partial charge on any atom is 3.00 e. The Bertz CT molecular complexity index is 1980. The van der Waals surface area contributed by atoms with E-state index in [9.17, 15) is 38.9 Å². The van der Waals surface area contributed by atoms with Crippen LogP contribution < -0.4 is 0 Å². The zero-order valence-corrected chi connectivity index (χ0v) is 25.9. The number of fused-ring (bicyclic) bond motifs is 3. The van der Waals surface area contributed by atoms with Crippen molar-refractivity contribution < 1.29 is 61.5 Å². The first-order chi connectivity index (χ1) is 19.7. The summed E-state index contributed by atoms with van der Waals surface area (Å²) in [6, 6.07) is 34.8. The van der Waals surface area contributed by atoms with Crippen LogP contribution >= 0.6 is 0 Å². The third kappa shape index (κ3) is 9.66. The van der Waals surface area contributed by atoms with E-state index >= 15 is 0 Å². The fraction of sp³-hybridized carbons (Fsp3) is 0. The van der Waals surface area contributed by atoms with E-state index in [0.29, 0.717) is 0 Å². The van der Waals surface area contributed by atoms with Gasteiger partial charge >= 0.3 is 17.1 Å². The van der Waals surface area contributed by atoms with Crippen molar-refractivity contribution in [3.05, 3.63) is 127 Å². The van der Waals surface area contributed by atoms with Gasteiger partial charge < -0.3 is 19.1 Å². The molecular formula is C30H23FeO10S3. The fourth-order valence-corrected chi connectivity index (χ4v) is 5.49. The molecule has 229 valence electrons. The molecule has 0 aliphatic heterocycles. The van der Waals surface area contributed by atoms with Crippen molar-refractivity contribution in [2.24, 2.45) is 0 Å². The molecule has 0 saturated carbocycles. The van der Waals surface area contributed by atoms with Crippen molar-refractivity contribution in [2.45, 2.75) is 14.7 Å². The van der Waals surface area contributed by atoms with E-state index in [0.717, 1.165) is 32.3 Å². The van der Waals surface area contributed by atoms with Crippen LogP contribution in [0.15, 0.2) is 142 Å². The van der Waals surface area contributed by atoms with Crippen LogP contribution in [0.5, 0.6) is 0 Å². The molecule has 0 saturated heterocycles. The predicted octanol–water partition coefficient (Wildman–Crippen LogP) is 4.40. The second kappa shape index (κ2) is 14.9. The molecule has 0 spiro atoms. The maximum atomic E-state index is 10.7. The number of rotatable bonds is 3. The molecule has 44 heavy (non-hydrogen) atoms. The molecule has 0 amide bonds. The Morgan fingerprint density at radius 2 is 0.545 bits per heavy atom. The van der Waals surface area contributed by atoms with Gasteiger partial charge in [0.05, 0.1) is 14.7 Å². The Hall–Kier alpha value is -3.69. The van der Waals surface area contributed by atoms with E-state index in [1.165, 1.54) is 36.4 Å². The predicted molar refractivity (Wildman–Crippen MR) is 159 cm³/mol. The summed E-state index contributed by atoms with van der Waals surface area (Å²) in [5, 5.41) is 5.01. The summed E-state index contributed by atoms with van der Waals surface area (Å²) >= 11 is 0. The van der Waals surface area contributed by atoms with E-state index in [2.05, 4.69) is 0 Å². The average molecular weight is 696 g/mol. The standard InChI is InChI=1S/3C10H8O3S.Fe.H2O/c3*11-14(12,13)10-6-5-8-3-1-2-4-9(8)7-10;;/h3*1-7H,(H,11,12,13);;1H2/q;;;+3;/p-3. The van der Waals surface area contributed by atoms with Gasteiger partial charge in [-0.05, 0) is 68.7 Å². The number of benzene rings is 6. The van der Waals surface area contributed by atoms with Crippen molar-refractivity contribution in [1.29, 1.82) is 0 Å². The molecule has 1 radical (unpaired) electrons. The molecule has 2 N–H and O–H groups in total. The van der Waals surface area contributed by atoms with Gasteiger partial charge in [-0.3, -0.25) is 0 Å². The Morgan fingerprint density at radius 3 is 0.750 bits per heavy atom. The Labute approximate surface area is 265 Å². The SMILES string of the molecule is O.O=S(=O)([O-])c1ccc2ccccc2c1.O=S(=O)([O-])c1ccc2ccccc2c1.O=S(=O)([O-])c1ccc2ccccc2c1.[Fe+3]. The first kappa shape index (κ1) is 36.5.